The average Bonchev–Trinajstić information content (AvgIpc) is 2.15. The van der Waals surface area contributed by atoms with Gasteiger partial charge in [0.15, 0.2) is 5.41 Å². The quantitative estimate of drug-likeness (QED) is 0.546. The number of carboxylic acids is 1. The van der Waals surface area contributed by atoms with Crippen LogP contribution in [-0.2, 0) is 14.3 Å². The molecule has 0 saturated heterocycles. The molecule has 0 spiro atoms. The van der Waals surface area contributed by atoms with Crippen LogP contribution in [0.5, 0.6) is 0 Å². The Morgan fingerprint density at radius 3 is 2.00 bits per heavy atom. The van der Waals surface area contributed by atoms with Crippen LogP contribution in [0.15, 0.2) is 0 Å². The van der Waals surface area contributed by atoms with E-state index in [9.17, 15) is 14.7 Å². The van der Waals surface area contributed by atoms with E-state index in [1.165, 1.54) is 13.8 Å². The van der Waals surface area contributed by atoms with E-state index in [0.717, 1.165) is 7.11 Å². The largest absolute Gasteiger partial charge is 0.480 e. The van der Waals surface area contributed by atoms with Gasteiger partial charge in [0.25, 0.3) is 0 Å². The molecular weight excluding hydrogens is 212 g/mol. The Kier molecular flexibility index (Phi) is 4.49. The lowest BCUT2D eigenvalue weighted by Crippen LogP contribution is -2.46. The Morgan fingerprint density at radius 1 is 1.31 bits per heavy atom. The van der Waals surface area contributed by atoms with E-state index >= 15 is 0 Å². The van der Waals surface area contributed by atoms with Gasteiger partial charge in [-0.2, -0.15) is 0 Å². The Morgan fingerprint density at radius 2 is 1.75 bits per heavy atom. The summed E-state index contributed by atoms with van der Waals surface area (Å²) in [5, 5.41) is 19.1. The van der Waals surface area contributed by atoms with Gasteiger partial charge in [-0.3, -0.25) is 9.59 Å². The van der Waals surface area contributed by atoms with Crippen LogP contribution in [-0.4, -0.2) is 34.9 Å². The molecule has 0 saturated carbocycles. The molecule has 16 heavy (non-hydrogen) atoms. The summed E-state index contributed by atoms with van der Waals surface area (Å²) in [5.74, 6) is -2.29. The van der Waals surface area contributed by atoms with E-state index in [1.54, 1.807) is 13.8 Å². The minimum atomic E-state index is -1.72. The minimum absolute atomic E-state index is 0.157. The fraction of sp³-hybridized carbons (Fsp3) is 0.818. The third-order valence-corrected chi connectivity index (χ3v) is 3.06. The van der Waals surface area contributed by atoms with Gasteiger partial charge in [-0.25, -0.2) is 0 Å². The lowest BCUT2D eigenvalue weighted by atomic mass is 9.75. The molecule has 94 valence electrons. The molecule has 0 amide bonds. The number of aliphatic hydroxyl groups is 1. The van der Waals surface area contributed by atoms with Gasteiger partial charge in [-0.05, 0) is 19.8 Å². The van der Waals surface area contributed by atoms with Gasteiger partial charge in [0, 0.05) is 6.42 Å². The molecule has 0 heterocycles. The normalized spacial score (nSPS) is 18.7. The zero-order valence-electron chi connectivity index (χ0n) is 10.4. The Balaban J connectivity index is 5.12. The number of ether oxygens (including phenoxy) is 1. The monoisotopic (exact) mass is 232 g/mol. The first-order valence-electron chi connectivity index (χ1n) is 5.12. The molecule has 0 rings (SSSR count). The van der Waals surface area contributed by atoms with Crippen LogP contribution in [0.1, 0.15) is 34.1 Å². The maximum Gasteiger partial charge on any atom is 0.323 e. The third-order valence-electron chi connectivity index (χ3n) is 3.06. The molecule has 0 aromatic heterocycles. The fourth-order valence-corrected chi connectivity index (χ4v) is 1.38. The smallest absolute Gasteiger partial charge is 0.323 e. The third kappa shape index (κ3) is 2.95. The Labute approximate surface area is 95.4 Å². The van der Waals surface area contributed by atoms with Gasteiger partial charge in [0.2, 0.25) is 0 Å². The Bertz CT molecular complexity index is 282. The molecular formula is C11H20O5. The summed E-state index contributed by atoms with van der Waals surface area (Å²) in [5.41, 5.74) is -2.95. The van der Waals surface area contributed by atoms with E-state index in [-0.39, 0.29) is 12.3 Å². The standard InChI is InChI=1S/C11H20O5/c1-7(2)11(4,15)6-10(3,8(12)13)9(14)16-5/h7,15H,6H2,1-5H3,(H,12,13). The van der Waals surface area contributed by atoms with Crippen LogP contribution in [0.2, 0.25) is 0 Å². The highest BCUT2D eigenvalue weighted by molar-refractivity contribution is 5.98. The summed E-state index contributed by atoms with van der Waals surface area (Å²) in [6.45, 7) is 6.30. The zero-order valence-corrected chi connectivity index (χ0v) is 10.4. The van der Waals surface area contributed by atoms with Crippen LogP contribution in [0, 0.1) is 11.3 Å². The van der Waals surface area contributed by atoms with Crippen molar-refractivity contribution >= 4 is 11.9 Å². The number of esters is 1. The van der Waals surface area contributed by atoms with E-state index in [1.807, 2.05) is 0 Å². The predicted octanol–water partition coefficient (Wildman–Crippen LogP) is 1.05. The minimum Gasteiger partial charge on any atom is -0.480 e. The molecule has 0 radical (unpaired) electrons. The Hall–Kier alpha value is -1.10. The van der Waals surface area contributed by atoms with E-state index in [2.05, 4.69) is 4.74 Å². The van der Waals surface area contributed by atoms with E-state index in [0.29, 0.717) is 0 Å². The lowest BCUT2D eigenvalue weighted by Gasteiger charge is -2.34. The number of methoxy groups -OCH3 is 1. The van der Waals surface area contributed by atoms with Gasteiger partial charge in [-0.1, -0.05) is 13.8 Å². The van der Waals surface area contributed by atoms with Crippen molar-refractivity contribution in [2.24, 2.45) is 11.3 Å². The summed E-state index contributed by atoms with van der Waals surface area (Å²) < 4.78 is 4.47. The number of carboxylic acid groups (broad SMARTS) is 1. The fourth-order valence-electron chi connectivity index (χ4n) is 1.38. The molecule has 0 aliphatic heterocycles. The number of hydrogen-bond acceptors (Lipinski definition) is 4. The molecule has 5 heteroatoms. The second kappa shape index (κ2) is 4.82. The number of hydrogen-bond donors (Lipinski definition) is 2. The molecule has 2 atom stereocenters. The zero-order chi connectivity index (χ0) is 13.1. The molecule has 0 fully saturated rings. The van der Waals surface area contributed by atoms with Crippen molar-refractivity contribution in [1.29, 1.82) is 0 Å². The van der Waals surface area contributed by atoms with Crippen molar-refractivity contribution in [3.63, 3.8) is 0 Å². The molecule has 2 N–H and O–H groups in total. The number of carbonyl (C=O) groups excluding carboxylic acids is 1. The second-order valence-electron chi connectivity index (χ2n) is 4.82. The topological polar surface area (TPSA) is 83.8 Å². The SMILES string of the molecule is COC(=O)C(C)(CC(C)(O)C(C)C)C(=O)O. The lowest BCUT2D eigenvalue weighted by molar-refractivity contribution is -0.171. The summed E-state index contributed by atoms with van der Waals surface area (Å²) in [6, 6.07) is 0. The maximum absolute atomic E-state index is 11.5. The van der Waals surface area contributed by atoms with Crippen LogP contribution in [0.4, 0.5) is 0 Å². The van der Waals surface area contributed by atoms with Crippen molar-refractivity contribution in [3.05, 3.63) is 0 Å². The van der Waals surface area contributed by atoms with Crippen LogP contribution in [0.25, 0.3) is 0 Å². The average molecular weight is 232 g/mol. The van der Waals surface area contributed by atoms with Crippen molar-refractivity contribution in [3.8, 4) is 0 Å². The second-order valence-corrected chi connectivity index (χ2v) is 4.82. The van der Waals surface area contributed by atoms with Crippen molar-refractivity contribution < 1.29 is 24.5 Å². The van der Waals surface area contributed by atoms with Crippen LogP contribution < -0.4 is 0 Å². The highest BCUT2D eigenvalue weighted by Gasteiger charge is 2.48. The van der Waals surface area contributed by atoms with Gasteiger partial charge >= 0.3 is 11.9 Å². The van der Waals surface area contributed by atoms with E-state index < -0.39 is 23.0 Å². The summed E-state index contributed by atoms with van der Waals surface area (Å²) in [4.78, 5) is 22.6. The van der Waals surface area contributed by atoms with E-state index in [4.69, 9.17) is 5.11 Å². The van der Waals surface area contributed by atoms with Crippen molar-refractivity contribution in [2.45, 2.75) is 39.7 Å². The molecule has 0 bridgehead atoms. The number of carbonyl (C=O) groups is 2. The van der Waals surface area contributed by atoms with Crippen molar-refractivity contribution in [1.82, 2.24) is 0 Å². The maximum atomic E-state index is 11.5. The molecule has 0 aliphatic rings. The highest BCUT2D eigenvalue weighted by Crippen LogP contribution is 2.34. The van der Waals surface area contributed by atoms with Crippen LogP contribution >= 0.6 is 0 Å². The van der Waals surface area contributed by atoms with Gasteiger partial charge in [0.1, 0.15) is 0 Å². The number of aliphatic carboxylic acids is 1. The predicted molar refractivity (Wildman–Crippen MR) is 57.8 cm³/mol. The van der Waals surface area contributed by atoms with Crippen LogP contribution in [0.3, 0.4) is 0 Å². The molecule has 2 unspecified atom stereocenters. The number of rotatable bonds is 5. The molecule has 0 aromatic carbocycles. The summed E-state index contributed by atoms with van der Waals surface area (Å²) in [7, 11) is 1.13. The first-order chi connectivity index (χ1) is 7.08. The highest BCUT2D eigenvalue weighted by atomic mass is 16.5. The first kappa shape index (κ1) is 14.9. The molecule has 0 aromatic rings. The van der Waals surface area contributed by atoms with Gasteiger partial charge in [-0.15, -0.1) is 0 Å². The van der Waals surface area contributed by atoms with Crippen molar-refractivity contribution in [2.75, 3.05) is 7.11 Å². The van der Waals surface area contributed by atoms with Gasteiger partial charge in [0.05, 0.1) is 12.7 Å². The van der Waals surface area contributed by atoms with Gasteiger partial charge < -0.3 is 14.9 Å². The molecule has 5 nitrogen and oxygen atoms in total. The summed E-state index contributed by atoms with van der Waals surface area (Å²) in [6.07, 6.45) is -0.181. The molecule has 0 aliphatic carbocycles. The first-order valence-corrected chi connectivity index (χ1v) is 5.12. The summed E-state index contributed by atoms with van der Waals surface area (Å²) >= 11 is 0.